The summed E-state index contributed by atoms with van der Waals surface area (Å²) < 4.78 is 0. The Hall–Kier alpha value is -2.10. The molecule has 1 aromatic carbocycles. The van der Waals surface area contributed by atoms with Crippen molar-refractivity contribution in [2.45, 2.75) is 6.42 Å². The van der Waals surface area contributed by atoms with Crippen molar-refractivity contribution >= 4 is 0 Å². The molecule has 2 rings (SSSR count). The second kappa shape index (κ2) is 3.96. The fourth-order valence-electron chi connectivity index (χ4n) is 1.35. The molecule has 0 fully saturated rings. The van der Waals surface area contributed by atoms with E-state index in [1.54, 1.807) is 0 Å². The lowest BCUT2D eigenvalue weighted by molar-refractivity contribution is 0.411. The number of benzene rings is 1. The van der Waals surface area contributed by atoms with Gasteiger partial charge >= 0.3 is 0 Å². The van der Waals surface area contributed by atoms with Crippen LogP contribution in [0.3, 0.4) is 0 Å². The molecule has 0 atom stereocenters. The van der Waals surface area contributed by atoms with Crippen LogP contribution in [-0.2, 0) is 6.42 Å². The number of nitrogens with zero attached hydrogens (tertiary/aromatic N) is 2. The summed E-state index contributed by atoms with van der Waals surface area (Å²) in [7, 11) is 0. The maximum atomic E-state index is 9.44. The van der Waals surface area contributed by atoms with Crippen molar-refractivity contribution in [3.8, 4) is 11.8 Å². The minimum atomic E-state index is -0.175. The van der Waals surface area contributed by atoms with Gasteiger partial charge in [-0.2, -0.15) is 0 Å². The first kappa shape index (κ1) is 9.45. The van der Waals surface area contributed by atoms with Gasteiger partial charge in [-0.15, -0.1) is 0 Å². The molecule has 1 heterocycles. The predicted octanol–water partition coefficient (Wildman–Crippen LogP) is 1.48. The van der Waals surface area contributed by atoms with Gasteiger partial charge in [-0.1, -0.05) is 30.3 Å². The molecule has 0 aliphatic carbocycles. The topological polar surface area (TPSA) is 66.2 Å². The fraction of sp³-hybridized carbons (Fsp3) is 0.0909. The second-order valence-corrected chi connectivity index (χ2v) is 3.16. The van der Waals surface area contributed by atoms with Crippen LogP contribution in [0.25, 0.3) is 0 Å². The van der Waals surface area contributed by atoms with E-state index in [-0.39, 0.29) is 11.8 Å². The van der Waals surface area contributed by atoms with E-state index in [4.69, 9.17) is 0 Å². The molecule has 0 amide bonds. The summed E-state index contributed by atoms with van der Waals surface area (Å²) >= 11 is 0. The highest BCUT2D eigenvalue weighted by molar-refractivity contribution is 5.37. The molecule has 4 heteroatoms. The quantitative estimate of drug-likeness (QED) is 0.774. The molecule has 0 spiro atoms. The maximum Gasteiger partial charge on any atom is 0.221 e. The van der Waals surface area contributed by atoms with E-state index >= 15 is 0 Å². The standard InChI is InChI=1S/C11H10N2O2/c14-10-9(11(15)13-7-12-10)6-8-4-2-1-3-5-8/h1-5,7H,6H2,(H2,12,13,14,15). The van der Waals surface area contributed by atoms with E-state index in [1.807, 2.05) is 30.3 Å². The minimum Gasteiger partial charge on any atom is -0.493 e. The van der Waals surface area contributed by atoms with Crippen LogP contribution in [0.2, 0.25) is 0 Å². The zero-order valence-electron chi connectivity index (χ0n) is 7.96. The largest absolute Gasteiger partial charge is 0.493 e. The lowest BCUT2D eigenvalue weighted by Gasteiger charge is -2.04. The summed E-state index contributed by atoms with van der Waals surface area (Å²) in [6.07, 6.45) is 1.54. The lowest BCUT2D eigenvalue weighted by atomic mass is 10.1. The van der Waals surface area contributed by atoms with Crippen LogP contribution in [0.5, 0.6) is 11.8 Å². The molecule has 0 saturated heterocycles. The Morgan fingerprint density at radius 3 is 2.13 bits per heavy atom. The fourth-order valence-corrected chi connectivity index (χ4v) is 1.35. The van der Waals surface area contributed by atoms with Gasteiger partial charge in [0.25, 0.3) is 0 Å². The molecular formula is C11H10N2O2. The zero-order chi connectivity index (χ0) is 10.7. The molecule has 0 bridgehead atoms. The van der Waals surface area contributed by atoms with E-state index in [0.717, 1.165) is 11.9 Å². The molecule has 4 nitrogen and oxygen atoms in total. The van der Waals surface area contributed by atoms with Crippen molar-refractivity contribution in [2.24, 2.45) is 0 Å². The van der Waals surface area contributed by atoms with Crippen molar-refractivity contribution in [3.63, 3.8) is 0 Å². The molecule has 1 aromatic heterocycles. The highest BCUT2D eigenvalue weighted by atomic mass is 16.3. The molecule has 0 aliphatic heterocycles. The summed E-state index contributed by atoms with van der Waals surface area (Å²) in [4.78, 5) is 7.24. The van der Waals surface area contributed by atoms with Gasteiger partial charge in [-0.3, -0.25) is 0 Å². The minimum absolute atomic E-state index is 0.175. The average molecular weight is 202 g/mol. The molecule has 15 heavy (non-hydrogen) atoms. The van der Waals surface area contributed by atoms with E-state index in [9.17, 15) is 10.2 Å². The van der Waals surface area contributed by atoms with Crippen molar-refractivity contribution in [2.75, 3.05) is 0 Å². The number of aromatic nitrogens is 2. The third kappa shape index (κ3) is 2.04. The van der Waals surface area contributed by atoms with Crippen LogP contribution in [0.15, 0.2) is 36.7 Å². The molecule has 0 unspecified atom stereocenters. The van der Waals surface area contributed by atoms with Crippen LogP contribution >= 0.6 is 0 Å². The number of aromatic hydroxyl groups is 2. The predicted molar refractivity (Wildman–Crippen MR) is 54.6 cm³/mol. The normalized spacial score (nSPS) is 10.1. The van der Waals surface area contributed by atoms with E-state index < -0.39 is 0 Å². The first-order valence-electron chi connectivity index (χ1n) is 4.53. The third-order valence-corrected chi connectivity index (χ3v) is 2.12. The first-order chi connectivity index (χ1) is 7.27. The summed E-state index contributed by atoms with van der Waals surface area (Å²) in [5, 5.41) is 18.9. The molecular weight excluding hydrogens is 192 g/mol. The van der Waals surface area contributed by atoms with Crippen LogP contribution in [-0.4, -0.2) is 20.2 Å². The van der Waals surface area contributed by atoms with Gasteiger partial charge in [0.2, 0.25) is 11.8 Å². The summed E-state index contributed by atoms with van der Waals surface area (Å²) in [6, 6.07) is 9.52. The SMILES string of the molecule is Oc1ncnc(O)c1Cc1ccccc1. The van der Waals surface area contributed by atoms with Gasteiger partial charge in [0.15, 0.2) is 0 Å². The van der Waals surface area contributed by atoms with Crippen molar-refractivity contribution < 1.29 is 10.2 Å². The second-order valence-electron chi connectivity index (χ2n) is 3.16. The first-order valence-corrected chi connectivity index (χ1v) is 4.53. The van der Waals surface area contributed by atoms with E-state index in [0.29, 0.717) is 12.0 Å². The van der Waals surface area contributed by atoms with Crippen molar-refractivity contribution in [1.82, 2.24) is 9.97 Å². The van der Waals surface area contributed by atoms with Crippen molar-refractivity contribution in [1.29, 1.82) is 0 Å². The molecule has 0 saturated carbocycles. The van der Waals surface area contributed by atoms with Crippen LogP contribution < -0.4 is 0 Å². The number of hydrogen-bond acceptors (Lipinski definition) is 4. The van der Waals surface area contributed by atoms with E-state index in [2.05, 4.69) is 9.97 Å². The summed E-state index contributed by atoms with van der Waals surface area (Å²) in [5.74, 6) is -0.349. The smallest absolute Gasteiger partial charge is 0.221 e. The Balaban J connectivity index is 2.32. The molecule has 2 N–H and O–H groups in total. The van der Waals surface area contributed by atoms with Gasteiger partial charge in [-0.25, -0.2) is 9.97 Å². The molecule has 0 radical (unpaired) electrons. The highest BCUT2D eigenvalue weighted by Gasteiger charge is 2.09. The van der Waals surface area contributed by atoms with Gasteiger partial charge in [-0.05, 0) is 5.56 Å². The molecule has 0 aliphatic rings. The Morgan fingerprint density at radius 1 is 0.933 bits per heavy atom. The van der Waals surface area contributed by atoms with Gasteiger partial charge in [0.05, 0.1) is 5.56 Å². The summed E-state index contributed by atoms with van der Waals surface area (Å²) in [5.41, 5.74) is 1.33. The number of rotatable bonds is 2. The molecule has 76 valence electrons. The highest BCUT2D eigenvalue weighted by Crippen LogP contribution is 2.24. The molecule has 2 aromatic rings. The lowest BCUT2D eigenvalue weighted by Crippen LogP contribution is -1.93. The summed E-state index contributed by atoms with van der Waals surface area (Å²) in [6.45, 7) is 0. The maximum absolute atomic E-state index is 9.44. The Labute approximate surface area is 86.9 Å². The number of hydrogen-bond donors (Lipinski definition) is 2. The van der Waals surface area contributed by atoms with Gasteiger partial charge < -0.3 is 10.2 Å². The monoisotopic (exact) mass is 202 g/mol. The van der Waals surface area contributed by atoms with Gasteiger partial charge in [0, 0.05) is 6.42 Å². The van der Waals surface area contributed by atoms with Gasteiger partial charge in [0.1, 0.15) is 6.33 Å². The van der Waals surface area contributed by atoms with Crippen LogP contribution in [0.1, 0.15) is 11.1 Å². The zero-order valence-corrected chi connectivity index (χ0v) is 7.96. The average Bonchev–Trinajstić information content (AvgIpc) is 2.25. The van der Waals surface area contributed by atoms with Crippen LogP contribution in [0, 0.1) is 0 Å². The van der Waals surface area contributed by atoms with Crippen LogP contribution in [0.4, 0.5) is 0 Å². The Kier molecular flexibility index (Phi) is 2.49. The van der Waals surface area contributed by atoms with E-state index in [1.165, 1.54) is 0 Å². The third-order valence-electron chi connectivity index (χ3n) is 2.12. The Morgan fingerprint density at radius 2 is 1.53 bits per heavy atom. The van der Waals surface area contributed by atoms with Crippen molar-refractivity contribution in [3.05, 3.63) is 47.8 Å². The Bertz CT molecular complexity index is 437.